The van der Waals surface area contributed by atoms with Crippen molar-refractivity contribution >= 4 is 42.3 Å². The third-order valence-electron chi connectivity index (χ3n) is 4.24. The van der Waals surface area contributed by atoms with E-state index in [0.717, 1.165) is 0 Å². The van der Waals surface area contributed by atoms with E-state index in [4.69, 9.17) is 15.9 Å². The highest BCUT2D eigenvalue weighted by Crippen LogP contribution is 2.11. The zero-order valence-corrected chi connectivity index (χ0v) is 17.9. The number of carboxylic acids is 2. The van der Waals surface area contributed by atoms with Crippen LogP contribution in [0.2, 0.25) is 0 Å². The number of carbonyl (C=O) groups excluding carboxylic acids is 3. The van der Waals surface area contributed by atoms with Crippen LogP contribution in [-0.4, -0.2) is 75.4 Å². The number of aliphatic carboxylic acids is 2. The van der Waals surface area contributed by atoms with Crippen LogP contribution >= 0.6 is 12.6 Å². The zero-order valence-electron chi connectivity index (χ0n) is 17.0. The van der Waals surface area contributed by atoms with Crippen molar-refractivity contribution in [3.05, 3.63) is 29.8 Å². The maximum Gasteiger partial charge on any atom is 0.322 e. The molecule has 1 aromatic carbocycles. The molecule has 0 radical (unpaired) electrons. The molecule has 0 spiro atoms. The standard InChI is InChI=1S/C19H26N4O8S/c20-12(7-10-1-3-11(24)4-2-10)17(29)22-13(5-6-15(25)26)19(31)23-14(9-32)18(30)21-8-16(27)28/h1-4,12-14,24,32H,5-9,20H2,(H,21,30)(H,22,29)(H,23,31)(H,25,26)(H,27,28)/t12-,13-,14-/m0/s1. The van der Waals surface area contributed by atoms with Crippen molar-refractivity contribution in [2.24, 2.45) is 5.73 Å². The molecular formula is C19H26N4O8S. The molecule has 13 heteroatoms. The van der Waals surface area contributed by atoms with E-state index in [9.17, 15) is 29.1 Å². The summed E-state index contributed by atoms with van der Waals surface area (Å²) in [4.78, 5) is 58.6. The molecule has 0 fully saturated rings. The second-order valence-electron chi connectivity index (χ2n) is 6.83. The smallest absolute Gasteiger partial charge is 0.322 e. The molecule has 0 unspecified atom stereocenters. The average Bonchev–Trinajstić information content (AvgIpc) is 2.74. The van der Waals surface area contributed by atoms with Gasteiger partial charge in [0, 0.05) is 12.2 Å². The van der Waals surface area contributed by atoms with Crippen molar-refractivity contribution in [3.63, 3.8) is 0 Å². The van der Waals surface area contributed by atoms with Gasteiger partial charge in [0.25, 0.3) is 0 Å². The Morgan fingerprint density at radius 2 is 1.50 bits per heavy atom. The highest BCUT2D eigenvalue weighted by molar-refractivity contribution is 7.80. The van der Waals surface area contributed by atoms with Crippen LogP contribution in [0.25, 0.3) is 0 Å². The number of carbonyl (C=O) groups is 5. The number of hydrogen-bond acceptors (Lipinski definition) is 8. The van der Waals surface area contributed by atoms with Crippen LogP contribution in [0.15, 0.2) is 24.3 Å². The topological polar surface area (TPSA) is 208 Å². The van der Waals surface area contributed by atoms with E-state index in [2.05, 4.69) is 28.6 Å². The summed E-state index contributed by atoms with van der Waals surface area (Å²) in [5, 5.41) is 33.7. The highest BCUT2D eigenvalue weighted by Gasteiger charge is 2.28. The molecule has 0 saturated carbocycles. The van der Waals surface area contributed by atoms with Gasteiger partial charge in [0.1, 0.15) is 24.4 Å². The third-order valence-corrected chi connectivity index (χ3v) is 4.60. The van der Waals surface area contributed by atoms with Crippen LogP contribution in [0.5, 0.6) is 5.75 Å². The molecule has 0 aliphatic carbocycles. The summed E-state index contributed by atoms with van der Waals surface area (Å²) in [6.45, 7) is -0.662. The predicted octanol–water partition coefficient (Wildman–Crippen LogP) is -1.77. The van der Waals surface area contributed by atoms with Crippen molar-refractivity contribution in [2.75, 3.05) is 12.3 Å². The van der Waals surface area contributed by atoms with Crippen LogP contribution < -0.4 is 21.7 Å². The fourth-order valence-electron chi connectivity index (χ4n) is 2.55. The molecule has 176 valence electrons. The van der Waals surface area contributed by atoms with Gasteiger partial charge in [-0.05, 0) is 30.5 Å². The monoisotopic (exact) mass is 470 g/mol. The second kappa shape index (κ2) is 13.2. The van der Waals surface area contributed by atoms with Crippen molar-refractivity contribution < 1.29 is 39.3 Å². The van der Waals surface area contributed by atoms with E-state index >= 15 is 0 Å². The molecule has 0 bridgehead atoms. The largest absolute Gasteiger partial charge is 0.508 e. The number of amides is 3. The molecule has 3 amide bonds. The minimum absolute atomic E-state index is 0.0447. The van der Waals surface area contributed by atoms with Crippen molar-refractivity contribution in [1.29, 1.82) is 0 Å². The molecular weight excluding hydrogens is 444 g/mol. The number of carboxylic acid groups (broad SMARTS) is 2. The first-order valence-corrected chi connectivity index (χ1v) is 10.1. The van der Waals surface area contributed by atoms with Crippen LogP contribution in [0.3, 0.4) is 0 Å². The van der Waals surface area contributed by atoms with Crippen molar-refractivity contribution in [3.8, 4) is 5.75 Å². The number of benzene rings is 1. The molecule has 0 aromatic heterocycles. The van der Waals surface area contributed by atoms with Gasteiger partial charge in [-0.25, -0.2) is 0 Å². The van der Waals surface area contributed by atoms with Gasteiger partial charge in [0.15, 0.2) is 0 Å². The summed E-state index contributed by atoms with van der Waals surface area (Å²) in [5.74, 6) is -4.97. The van der Waals surface area contributed by atoms with E-state index < -0.39 is 60.8 Å². The fraction of sp³-hybridized carbons (Fsp3) is 0.421. The Balaban J connectivity index is 2.81. The van der Waals surface area contributed by atoms with Crippen molar-refractivity contribution in [2.45, 2.75) is 37.4 Å². The molecule has 1 rings (SSSR count). The predicted molar refractivity (Wildman–Crippen MR) is 115 cm³/mol. The minimum Gasteiger partial charge on any atom is -0.508 e. The number of phenols is 1. The van der Waals surface area contributed by atoms with E-state index in [0.29, 0.717) is 5.56 Å². The first-order valence-electron chi connectivity index (χ1n) is 9.49. The number of phenolic OH excluding ortho intramolecular Hbond substituents is 1. The Labute approximate surface area is 189 Å². The van der Waals surface area contributed by atoms with Gasteiger partial charge in [-0.3, -0.25) is 24.0 Å². The Morgan fingerprint density at radius 3 is 2.03 bits per heavy atom. The summed E-state index contributed by atoms with van der Waals surface area (Å²) < 4.78 is 0. The molecule has 8 N–H and O–H groups in total. The SMILES string of the molecule is N[C@@H](Cc1ccc(O)cc1)C(=O)N[C@@H](CCC(=O)O)C(=O)N[C@@H](CS)C(=O)NCC(=O)O. The minimum atomic E-state index is -1.31. The van der Waals surface area contributed by atoms with E-state index in [1.54, 1.807) is 12.1 Å². The normalized spacial score (nSPS) is 13.3. The number of nitrogens with two attached hydrogens (primary N) is 1. The van der Waals surface area contributed by atoms with Gasteiger partial charge in [0.2, 0.25) is 17.7 Å². The summed E-state index contributed by atoms with van der Waals surface area (Å²) in [7, 11) is 0. The lowest BCUT2D eigenvalue weighted by molar-refractivity contribution is -0.138. The maximum atomic E-state index is 12.6. The average molecular weight is 471 g/mol. The van der Waals surface area contributed by atoms with E-state index in [-0.39, 0.29) is 24.3 Å². The van der Waals surface area contributed by atoms with Gasteiger partial charge >= 0.3 is 11.9 Å². The Hall–Kier alpha value is -3.32. The van der Waals surface area contributed by atoms with E-state index in [1.807, 2.05) is 0 Å². The van der Waals surface area contributed by atoms with Crippen LogP contribution in [0.1, 0.15) is 18.4 Å². The fourth-order valence-corrected chi connectivity index (χ4v) is 2.80. The number of nitrogens with one attached hydrogen (secondary N) is 3. The molecule has 0 saturated heterocycles. The molecule has 0 heterocycles. The first kappa shape index (κ1) is 26.7. The maximum absolute atomic E-state index is 12.6. The summed E-state index contributed by atoms with van der Waals surface area (Å²) >= 11 is 3.95. The molecule has 0 aliphatic heterocycles. The third kappa shape index (κ3) is 9.66. The summed E-state index contributed by atoms with van der Waals surface area (Å²) in [6.07, 6.45) is -0.618. The molecule has 32 heavy (non-hydrogen) atoms. The van der Waals surface area contributed by atoms with Gasteiger partial charge in [0.05, 0.1) is 6.04 Å². The first-order chi connectivity index (χ1) is 15.0. The lowest BCUT2D eigenvalue weighted by Gasteiger charge is -2.23. The lowest BCUT2D eigenvalue weighted by Crippen LogP contribution is -2.56. The zero-order chi connectivity index (χ0) is 24.3. The van der Waals surface area contributed by atoms with Gasteiger partial charge < -0.3 is 37.0 Å². The summed E-state index contributed by atoms with van der Waals surface area (Å²) in [6, 6.07) is 2.42. The molecule has 12 nitrogen and oxygen atoms in total. The van der Waals surface area contributed by atoms with Crippen molar-refractivity contribution in [1.82, 2.24) is 16.0 Å². The van der Waals surface area contributed by atoms with Crippen LogP contribution in [0.4, 0.5) is 0 Å². The Kier molecular flexibility index (Phi) is 11.0. The molecule has 0 aliphatic rings. The summed E-state index contributed by atoms with van der Waals surface area (Å²) in [5.41, 5.74) is 6.54. The van der Waals surface area contributed by atoms with Crippen LogP contribution in [0, 0.1) is 0 Å². The molecule has 1 aromatic rings. The number of rotatable bonds is 13. The number of thiol groups is 1. The number of hydrogen-bond donors (Lipinski definition) is 8. The lowest BCUT2D eigenvalue weighted by atomic mass is 10.0. The Bertz CT molecular complexity index is 833. The van der Waals surface area contributed by atoms with Gasteiger partial charge in [-0.15, -0.1) is 0 Å². The van der Waals surface area contributed by atoms with Crippen LogP contribution in [-0.2, 0) is 30.4 Å². The molecule has 3 atom stereocenters. The second-order valence-corrected chi connectivity index (χ2v) is 7.19. The Morgan fingerprint density at radius 1 is 0.906 bits per heavy atom. The highest BCUT2D eigenvalue weighted by atomic mass is 32.1. The van der Waals surface area contributed by atoms with Gasteiger partial charge in [-0.2, -0.15) is 12.6 Å². The van der Waals surface area contributed by atoms with Gasteiger partial charge in [-0.1, -0.05) is 12.1 Å². The van der Waals surface area contributed by atoms with E-state index in [1.165, 1.54) is 12.1 Å². The quantitative estimate of drug-likeness (QED) is 0.153. The number of aromatic hydroxyl groups is 1.